The first kappa shape index (κ1) is 20.0. The van der Waals surface area contributed by atoms with Crippen LogP contribution in [0.4, 0.5) is 11.4 Å². The average Bonchev–Trinajstić information content (AvgIpc) is 2.99. The van der Waals surface area contributed by atoms with Crippen molar-refractivity contribution in [1.82, 2.24) is 0 Å². The smallest absolute Gasteiger partial charge is 0.345 e. The van der Waals surface area contributed by atoms with Crippen molar-refractivity contribution in [2.75, 3.05) is 36.6 Å². The van der Waals surface area contributed by atoms with Crippen molar-refractivity contribution < 1.29 is 19.4 Å². The van der Waals surface area contributed by atoms with E-state index in [0.29, 0.717) is 13.2 Å². The van der Waals surface area contributed by atoms with E-state index >= 15 is 0 Å². The van der Waals surface area contributed by atoms with Gasteiger partial charge < -0.3 is 24.4 Å². The second-order valence-electron chi connectivity index (χ2n) is 6.82. The number of methoxy groups -OCH3 is 1. The highest BCUT2D eigenvalue weighted by atomic mass is 16.6. The van der Waals surface area contributed by atoms with Crippen LogP contribution in [-0.2, 0) is 9.47 Å². The Bertz CT molecular complexity index is 796. The molecule has 0 spiro atoms. The minimum absolute atomic E-state index is 0.0750. The van der Waals surface area contributed by atoms with Crippen LogP contribution < -0.4 is 9.80 Å². The van der Waals surface area contributed by atoms with E-state index in [1.165, 1.54) is 6.07 Å². The number of unbranched alkanes of at least 4 members (excludes halogenated alkanes) is 1. The van der Waals surface area contributed by atoms with Gasteiger partial charge >= 0.3 is 5.97 Å². The third-order valence-corrected chi connectivity index (χ3v) is 4.87. The van der Waals surface area contributed by atoms with Gasteiger partial charge in [-0.25, -0.2) is 4.79 Å². The van der Waals surface area contributed by atoms with Gasteiger partial charge in [-0.05, 0) is 37.1 Å². The Morgan fingerprint density at radius 2 is 1.61 bits per heavy atom. The number of fused-ring (bicyclic) bond motifs is 1. The van der Waals surface area contributed by atoms with Gasteiger partial charge in [0.2, 0.25) is 0 Å². The van der Waals surface area contributed by atoms with Gasteiger partial charge in [-0.2, -0.15) is 0 Å². The molecule has 0 amide bonds. The number of hydrogen-bond donors (Lipinski definition) is 1. The topological polar surface area (TPSA) is 62.2 Å². The minimum Gasteiger partial charge on any atom is -0.507 e. The first-order valence-corrected chi connectivity index (χ1v) is 9.77. The fourth-order valence-electron chi connectivity index (χ4n) is 3.46. The number of carbonyl (C=O) groups is 1. The predicted molar refractivity (Wildman–Crippen MR) is 110 cm³/mol. The molecule has 1 aliphatic heterocycles. The number of rotatable bonds is 9. The van der Waals surface area contributed by atoms with Gasteiger partial charge in [0, 0.05) is 26.8 Å². The average molecular weight is 384 g/mol. The number of ether oxygens (including phenoxy) is 2. The van der Waals surface area contributed by atoms with Crippen molar-refractivity contribution in [1.29, 1.82) is 0 Å². The summed E-state index contributed by atoms with van der Waals surface area (Å²) in [7, 11) is 1.68. The van der Waals surface area contributed by atoms with Gasteiger partial charge in [0.05, 0.1) is 11.4 Å². The quantitative estimate of drug-likeness (QED) is 0.521. The van der Waals surface area contributed by atoms with E-state index in [-0.39, 0.29) is 11.3 Å². The summed E-state index contributed by atoms with van der Waals surface area (Å²) >= 11 is 0. The molecule has 0 bridgehead atoms. The molecule has 1 aliphatic rings. The zero-order valence-corrected chi connectivity index (χ0v) is 16.5. The van der Waals surface area contributed by atoms with Crippen LogP contribution in [0.25, 0.3) is 0 Å². The lowest BCUT2D eigenvalue weighted by Gasteiger charge is -2.32. The van der Waals surface area contributed by atoms with Crippen LogP contribution in [0.2, 0.25) is 0 Å². The number of para-hydroxylation sites is 3. The molecule has 2 aromatic carbocycles. The number of phenols is 1. The maximum absolute atomic E-state index is 12.8. The number of phenolic OH excluding ortho intramolecular Hbond substituents is 1. The molecule has 0 fully saturated rings. The number of esters is 1. The molecule has 1 atom stereocenters. The van der Waals surface area contributed by atoms with E-state index in [1.807, 2.05) is 12.1 Å². The number of hydrogen-bond acceptors (Lipinski definition) is 6. The Balaban J connectivity index is 1.89. The fourth-order valence-corrected chi connectivity index (χ4v) is 3.46. The molecule has 0 aliphatic carbocycles. The van der Waals surface area contributed by atoms with Crippen molar-refractivity contribution in [3.8, 4) is 5.75 Å². The van der Waals surface area contributed by atoms with Gasteiger partial charge in [0.1, 0.15) is 11.3 Å². The summed E-state index contributed by atoms with van der Waals surface area (Å²) in [6.45, 7) is 4.26. The van der Waals surface area contributed by atoms with Crippen molar-refractivity contribution in [2.45, 2.75) is 32.5 Å². The van der Waals surface area contributed by atoms with E-state index in [9.17, 15) is 9.90 Å². The van der Waals surface area contributed by atoms with Gasteiger partial charge in [-0.1, -0.05) is 37.6 Å². The van der Waals surface area contributed by atoms with E-state index in [0.717, 1.165) is 37.2 Å². The lowest BCUT2D eigenvalue weighted by atomic mass is 10.2. The lowest BCUT2D eigenvalue weighted by molar-refractivity contribution is 0.0295. The predicted octanol–water partition coefficient (Wildman–Crippen LogP) is 4.00. The molecule has 0 aromatic heterocycles. The highest BCUT2D eigenvalue weighted by Crippen LogP contribution is 2.40. The molecular weight excluding hydrogens is 356 g/mol. The first-order valence-electron chi connectivity index (χ1n) is 9.77. The first-order chi connectivity index (χ1) is 13.7. The number of anilines is 2. The van der Waals surface area contributed by atoms with Crippen LogP contribution >= 0.6 is 0 Å². The Kier molecular flexibility index (Phi) is 6.76. The van der Waals surface area contributed by atoms with Crippen molar-refractivity contribution in [2.24, 2.45) is 0 Å². The second-order valence-corrected chi connectivity index (χ2v) is 6.82. The van der Waals surface area contributed by atoms with Crippen LogP contribution in [0.1, 0.15) is 36.5 Å². The van der Waals surface area contributed by atoms with Gasteiger partial charge in [0.25, 0.3) is 6.35 Å². The molecule has 3 rings (SSSR count). The molecule has 0 saturated carbocycles. The third kappa shape index (κ3) is 4.22. The molecular formula is C22H28N2O4. The molecule has 28 heavy (non-hydrogen) atoms. The molecule has 150 valence electrons. The standard InChI is InChI=1S/C22H28N2O4/c1-3-4-14-23-18-11-6-7-12-19(18)24(15-9-16-27-2)22(23)28-21(26)17-10-5-8-13-20(17)25/h5-8,10-13,22,25H,3-4,9,14-16H2,1-2H3. The van der Waals surface area contributed by atoms with E-state index in [2.05, 4.69) is 28.9 Å². The normalized spacial score (nSPS) is 15.6. The van der Waals surface area contributed by atoms with Crippen molar-refractivity contribution in [3.05, 3.63) is 54.1 Å². The molecule has 0 saturated heterocycles. The number of aromatic hydroxyl groups is 1. The maximum atomic E-state index is 12.8. The fraction of sp³-hybridized carbons (Fsp3) is 0.409. The number of nitrogens with zero attached hydrogens (tertiary/aromatic N) is 2. The summed E-state index contributed by atoms with van der Waals surface area (Å²) in [5, 5.41) is 10.0. The summed E-state index contributed by atoms with van der Waals surface area (Å²) < 4.78 is 11.1. The summed E-state index contributed by atoms with van der Waals surface area (Å²) in [6, 6.07) is 14.6. The number of benzene rings is 2. The monoisotopic (exact) mass is 384 g/mol. The molecule has 6 heteroatoms. The van der Waals surface area contributed by atoms with Crippen LogP contribution in [0.15, 0.2) is 48.5 Å². The molecule has 1 heterocycles. The zero-order valence-electron chi connectivity index (χ0n) is 16.5. The van der Waals surface area contributed by atoms with Gasteiger partial charge in [-0.15, -0.1) is 0 Å². The van der Waals surface area contributed by atoms with Crippen molar-refractivity contribution >= 4 is 17.3 Å². The van der Waals surface area contributed by atoms with Gasteiger partial charge in [-0.3, -0.25) is 0 Å². The minimum atomic E-state index is -0.548. The maximum Gasteiger partial charge on any atom is 0.345 e. The lowest BCUT2D eigenvalue weighted by Crippen LogP contribution is -2.47. The van der Waals surface area contributed by atoms with E-state index < -0.39 is 12.3 Å². The molecule has 2 aromatic rings. The Hall–Kier alpha value is -2.73. The van der Waals surface area contributed by atoms with Crippen LogP contribution in [0.3, 0.4) is 0 Å². The zero-order chi connectivity index (χ0) is 19.9. The number of carbonyl (C=O) groups excluding carboxylic acids is 1. The molecule has 6 nitrogen and oxygen atoms in total. The largest absolute Gasteiger partial charge is 0.507 e. The molecule has 0 radical (unpaired) electrons. The third-order valence-electron chi connectivity index (χ3n) is 4.87. The van der Waals surface area contributed by atoms with E-state index in [4.69, 9.17) is 9.47 Å². The SMILES string of the molecule is CCCCN1c2ccccc2N(CCCOC)C1OC(=O)c1ccccc1O. The highest BCUT2D eigenvalue weighted by molar-refractivity contribution is 5.93. The Morgan fingerprint density at radius 3 is 2.21 bits per heavy atom. The molecule has 1 unspecified atom stereocenters. The Morgan fingerprint density at radius 1 is 1.00 bits per heavy atom. The molecule has 1 N–H and O–H groups in total. The van der Waals surface area contributed by atoms with Crippen LogP contribution in [0.5, 0.6) is 5.75 Å². The summed E-state index contributed by atoms with van der Waals surface area (Å²) in [4.78, 5) is 17.0. The second kappa shape index (κ2) is 9.46. The van der Waals surface area contributed by atoms with Crippen molar-refractivity contribution in [3.63, 3.8) is 0 Å². The van der Waals surface area contributed by atoms with E-state index in [1.54, 1.807) is 25.3 Å². The summed E-state index contributed by atoms with van der Waals surface area (Å²) in [5.74, 6) is -0.608. The summed E-state index contributed by atoms with van der Waals surface area (Å²) in [6.07, 6.45) is 2.30. The Labute approximate surface area is 166 Å². The highest BCUT2D eigenvalue weighted by Gasteiger charge is 2.38. The van der Waals surface area contributed by atoms with Crippen LogP contribution in [-0.4, -0.2) is 44.2 Å². The van der Waals surface area contributed by atoms with Gasteiger partial charge in [0.15, 0.2) is 0 Å². The van der Waals surface area contributed by atoms with Crippen LogP contribution in [0, 0.1) is 0 Å². The summed E-state index contributed by atoms with van der Waals surface area (Å²) in [5.41, 5.74) is 2.28.